The molecule has 0 unspecified atom stereocenters. The molecule has 2 N–H and O–H groups in total. The fourth-order valence-electron chi connectivity index (χ4n) is 3.19. The van der Waals surface area contributed by atoms with Crippen LogP contribution in [0.3, 0.4) is 0 Å². The molecular formula is C17H25ClN2O. The molecular weight excluding hydrogens is 284 g/mol. The Kier molecular flexibility index (Phi) is 6.52. The molecule has 0 saturated heterocycles. The van der Waals surface area contributed by atoms with Gasteiger partial charge in [-0.25, -0.2) is 4.99 Å². The van der Waals surface area contributed by atoms with Gasteiger partial charge in [-0.1, -0.05) is 44.2 Å². The Labute approximate surface area is 132 Å². The summed E-state index contributed by atoms with van der Waals surface area (Å²) < 4.78 is 0. The lowest BCUT2D eigenvalue weighted by Gasteiger charge is -2.28. The van der Waals surface area contributed by atoms with Gasteiger partial charge in [0.2, 0.25) is 0 Å². The summed E-state index contributed by atoms with van der Waals surface area (Å²) in [7, 11) is 0. The molecule has 0 atom stereocenters. The Morgan fingerprint density at radius 2 is 1.81 bits per heavy atom. The third-order valence-corrected chi connectivity index (χ3v) is 4.62. The highest BCUT2D eigenvalue weighted by Crippen LogP contribution is 2.33. The number of hydrogen-bond donors (Lipinski definition) is 2. The largest absolute Gasteiger partial charge is 0.290 e. The number of halogens is 1. The first-order chi connectivity index (χ1) is 10.2. The molecule has 1 saturated carbocycles. The van der Waals surface area contributed by atoms with Gasteiger partial charge in [0.15, 0.2) is 0 Å². The molecule has 0 bridgehead atoms. The van der Waals surface area contributed by atoms with E-state index in [1.54, 1.807) is 0 Å². The molecule has 116 valence electrons. The topological polar surface area (TPSA) is 44.6 Å². The normalized spacial score (nSPS) is 23.1. The zero-order valence-electron chi connectivity index (χ0n) is 12.7. The highest BCUT2D eigenvalue weighted by Gasteiger charge is 2.21. The van der Waals surface area contributed by atoms with Crippen LogP contribution in [0.4, 0.5) is 5.69 Å². The summed E-state index contributed by atoms with van der Waals surface area (Å²) in [6.45, 7) is 2.26. The van der Waals surface area contributed by atoms with E-state index in [1.165, 1.54) is 38.5 Å². The van der Waals surface area contributed by atoms with Crippen LogP contribution >= 0.6 is 11.6 Å². The van der Waals surface area contributed by atoms with E-state index in [2.05, 4.69) is 17.4 Å². The van der Waals surface area contributed by atoms with Gasteiger partial charge in [0.25, 0.3) is 0 Å². The molecule has 0 heterocycles. The van der Waals surface area contributed by atoms with Crippen LogP contribution in [0.2, 0.25) is 5.02 Å². The van der Waals surface area contributed by atoms with Crippen LogP contribution in [0.1, 0.15) is 51.9 Å². The first-order valence-electron chi connectivity index (χ1n) is 7.94. The van der Waals surface area contributed by atoms with Gasteiger partial charge in [0.1, 0.15) is 5.84 Å². The standard InChI is InChI=1S/C17H25ClN2O/c1-2-3-13-4-6-14(7-5-13)12-17(20-21)19-16-10-8-15(18)9-11-16/h8-11,13-14,21H,2-7,12H2,1H3,(H,19,20). The molecule has 4 heteroatoms. The van der Waals surface area contributed by atoms with Crippen molar-refractivity contribution >= 4 is 23.1 Å². The minimum absolute atomic E-state index is 0.629. The second-order valence-electron chi connectivity index (χ2n) is 6.03. The lowest BCUT2D eigenvalue weighted by Crippen LogP contribution is -2.24. The van der Waals surface area contributed by atoms with Crippen molar-refractivity contribution in [2.75, 3.05) is 0 Å². The van der Waals surface area contributed by atoms with E-state index in [-0.39, 0.29) is 0 Å². The number of rotatable bonds is 5. The number of nitrogens with one attached hydrogen (secondary N) is 1. The molecule has 0 spiro atoms. The highest BCUT2D eigenvalue weighted by atomic mass is 35.5. The lowest BCUT2D eigenvalue weighted by atomic mass is 9.79. The summed E-state index contributed by atoms with van der Waals surface area (Å²) >= 11 is 5.86. The average Bonchev–Trinajstić information content (AvgIpc) is 2.51. The number of nitrogens with zero attached hydrogens (tertiary/aromatic N) is 1. The monoisotopic (exact) mass is 308 g/mol. The molecule has 3 nitrogen and oxygen atoms in total. The summed E-state index contributed by atoms with van der Waals surface area (Å²) in [4.78, 5) is 4.46. The number of hydroxylamine groups is 1. The molecule has 1 aromatic carbocycles. The van der Waals surface area contributed by atoms with Crippen molar-refractivity contribution in [3.63, 3.8) is 0 Å². The summed E-state index contributed by atoms with van der Waals surface area (Å²) in [6, 6.07) is 7.34. The van der Waals surface area contributed by atoms with Crippen LogP contribution in [-0.4, -0.2) is 11.0 Å². The van der Waals surface area contributed by atoms with Gasteiger partial charge in [-0.15, -0.1) is 0 Å². The fraction of sp³-hybridized carbons (Fsp3) is 0.588. The quantitative estimate of drug-likeness (QED) is 0.438. The fourth-order valence-corrected chi connectivity index (χ4v) is 3.32. The van der Waals surface area contributed by atoms with Crippen LogP contribution in [0.25, 0.3) is 0 Å². The van der Waals surface area contributed by atoms with Gasteiger partial charge >= 0.3 is 0 Å². The summed E-state index contributed by atoms with van der Waals surface area (Å²) in [5.74, 6) is 2.19. The maximum absolute atomic E-state index is 9.30. The Morgan fingerprint density at radius 3 is 2.38 bits per heavy atom. The zero-order valence-corrected chi connectivity index (χ0v) is 13.4. The van der Waals surface area contributed by atoms with Crippen molar-refractivity contribution in [3.8, 4) is 0 Å². The molecule has 0 aliphatic heterocycles. The Bertz CT molecular complexity index is 450. The summed E-state index contributed by atoms with van der Waals surface area (Å²) in [5.41, 5.74) is 3.08. The third-order valence-electron chi connectivity index (χ3n) is 4.37. The number of hydrogen-bond acceptors (Lipinski definition) is 2. The predicted octanol–water partition coefficient (Wildman–Crippen LogP) is 5.35. The molecule has 1 aliphatic rings. The zero-order chi connectivity index (χ0) is 15.1. The van der Waals surface area contributed by atoms with Crippen molar-refractivity contribution < 1.29 is 5.21 Å². The Morgan fingerprint density at radius 1 is 1.19 bits per heavy atom. The van der Waals surface area contributed by atoms with Gasteiger partial charge in [0.05, 0.1) is 5.69 Å². The van der Waals surface area contributed by atoms with Gasteiger partial charge < -0.3 is 0 Å². The molecule has 1 fully saturated rings. The molecule has 21 heavy (non-hydrogen) atoms. The Balaban J connectivity index is 1.89. The van der Waals surface area contributed by atoms with E-state index in [4.69, 9.17) is 11.6 Å². The number of benzene rings is 1. The van der Waals surface area contributed by atoms with Crippen LogP contribution in [0, 0.1) is 11.8 Å². The summed E-state index contributed by atoms with van der Waals surface area (Å²) in [5, 5.41) is 10.00. The molecule has 1 aromatic rings. The van der Waals surface area contributed by atoms with E-state index >= 15 is 0 Å². The van der Waals surface area contributed by atoms with E-state index < -0.39 is 0 Å². The molecule has 0 radical (unpaired) electrons. The first kappa shape index (κ1) is 16.3. The van der Waals surface area contributed by atoms with Crippen molar-refractivity contribution in [1.82, 2.24) is 5.48 Å². The van der Waals surface area contributed by atoms with Gasteiger partial charge in [-0.05, 0) is 48.9 Å². The van der Waals surface area contributed by atoms with Crippen molar-refractivity contribution in [2.45, 2.75) is 51.9 Å². The Hall–Kier alpha value is -1.06. The average molecular weight is 309 g/mol. The van der Waals surface area contributed by atoms with Crippen molar-refractivity contribution in [1.29, 1.82) is 0 Å². The first-order valence-corrected chi connectivity index (χ1v) is 8.32. The smallest absolute Gasteiger partial charge is 0.126 e. The molecule has 0 amide bonds. The van der Waals surface area contributed by atoms with E-state index in [0.29, 0.717) is 16.8 Å². The van der Waals surface area contributed by atoms with Crippen LogP contribution in [0.5, 0.6) is 0 Å². The second-order valence-corrected chi connectivity index (χ2v) is 6.46. The maximum Gasteiger partial charge on any atom is 0.126 e. The second kappa shape index (κ2) is 8.40. The van der Waals surface area contributed by atoms with E-state index in [0.717, 1.165) is 18.0 Å². The SMILES string of the molecule is CCCC1CCC(CC(=Nc2ccc(Cl)cc2)NO)CC1. The maximum atomic E-state index is 9.30. The van der Waals surface area contributed by atoms with Crippen LogP contribution in [-0.2, 0) is 0 Å². The predicted molar refractivity (Wildman–Crippen MR) is 88.4 cm³/mol. The van der Waals surface area contributed by atoms with Crippen molar-refractivity contribution in [3.05, 3.63) is 29.3 Å². The molecule has 1 aliphatic carbocycles. The van der Waals surface area contributed by atoms with E-state index in [1.807, 2.05) is 24.3 Å². The molecule has 2 rings (SSSR count). The molecule has 0 aromatic heterocycles. The van der Waals surface area contributed by atoms with Gasteiger partial charge in [-0.2, -0.15) is 0 Å². The number of amidine groups is 1. The van der Waals surface area contributed by atoms with Crippen LogP contribution < -0.4 is 5.48 Å². The minimum Gasteiger partial charge on any atom is -0.290 e. The summed E-state index contributed by atoms with van der Waals surface area (Å²) in [6.07, 6.45) is 8.58. The van der Waals surface area contributed by atoms with Crippen LogP contribution in [0.15, 0.2) is 29.3 Å². The van der Waals surface area contributed by atoms with E-state index in [9.17, 15) is 5.21 Å². The number of aliphatic imine (C=N–C) groups is 1. The lowest BCUT2D eigenvalue weighted by molar-refractivity contribution is 0.221. The third kappa shape index (κ3) is 5.33. The minimum atomic E-state index is 0.629. The van der Waals surface area contributed by atoms with Gasteiger partial charge in [0, 0.05) is 11.4 Å². The van der Waals surface area contributed by atoms with Crippen molar-refractivity contribution in [2.24, 2.45) is 16.8 Å². The highest BCUT2D eigenvalue weighted by molar-refractivity contribution is 6.30. The van der Waals surface area contributed by atoms with Gasteiger partial charge in [-0.3, -0.25) is 10.7 Å².